The lowest BCUT2D eigenvalue weighted by atomic mass is 9.76. The quantitative estimate of drug-likeness (QED) is 0.480. The van der Waals surface area contributed by atoms with Gasteiger partial charge in [0.15, 0.2) is 6.10 Å². The molecular formula is C27H37NO4S. The summed E-state index contributed by atoms with van der Waals surface area (Å²) in [6, 6.07) is 3.48. The number of aromatic nitrogens is 1. The lowest BCUT2D eigenvalue weighted by Gasteiger charge is -2.31. The second kappa shape index (κ2) is 9.59. The molecule has 0 aromatic carbocycles. The summed E-state index contributed by atoms with van der Waals surface area (Å²) in [6.07, 6.45) is 6.88. The van der Waals surface area contributed by atoms with Gasteiger partial charge in [-0.1, -0.05) is 26.8 Å². The Bertz CT molecular complexity index is 1110. The number of allylic oxidation sites excluding steroid dienone is 2. The van der Waals surface area contributed by atoms with Gasteiger partial charge in [0.05, 0.1) is 5.60 Å². The van der Waals surface area contributed by atoms with Crippen molar-refractivity contribution in [1.82, 2.24) is 4.57 Å². The highest BCUT2D eigenvalue weighted by Crippen LogP contribution is 2.48. The van der Waals surface area contributed by atoms with E-state index >= 15 is 0 Å². The van der Waals surface area contributed by atoms with Gasteiger partial charge in [0, 0.05) is 45.3 Å². The van der Waals surface area contributed by atoms with Crippen LogP contribution in [0.3, 0.4) is 0 Å². The van der Waals surface area contributed by atoms with E-state index in [-0.39, 0.29) is 11.0 Å². The molecule has 0 aliphatic heterocycles. The van der Waals surface area contributed by atoms with Gasteiger partial charge in [-0.05, 0) is 70.4 Å². The molecule has 2 aromatic heterocycles. The molecule has 5 nitrogen and oxygen atoms in total. The molecule has 0 fully saturated rings. The third kappa shape index (κ3) is 5.85. The Labute approximate surface area is 201 Å². The average molecular weight is 472 g/mol. The fourth-order valence-corrected chi connectivity index (χ4v) is 5.57. The Morgan fingerprint density at radius 1 is 1.30 bits per heavy atom. The molecule has 1 atom stereocenters. The smallest absolute Gasteiger partial charge is 0.337 e. The molecule has 2 aromatic rings. The van der Waals surface area contributed by atoms with Gasteiger partial charge in [0.2, 0.25) is 0 Å². The zero-order valence-corrected chi connectivity index (χ0v) is 21.8. The molecule has 33 heavy (non-hydrogen) atoms. The van der Waals surface area contributed by atoms with Crippen molar-refractivity contribution < 1.29 is 14.6 Å². The number of aliphatic carboxylic acids is 1. The Balaban J connectivity index is 2.26. The fraction of sp³-hybridized carbons (Fsp3) is 0.556. The number of carbonyl (C=O) groups is 1. The molecule has 0 spiro atoms. The van der Waals surface area contributed by atoms with Crippen LogP contribution in [-0.4, -0.2) is 21.2 Å². The molecule has 1 unspecified atom stereocenters. The van der Waals surface area contributed by atoms with E-state index in [1.54, 1.807) is 22.0 Å². The summed E-state index contributed by atoms with van der Waals surface area (Å²) in [6.45, 7) is 14.9. The maximum absolute atomic E-state index is 12.4. The predicted octanol–water partition coefficient (Wildman–Crippen LogP) is 6.83. The number of pyridine rings is 1. The second-order valence-corrected chi connectivity index (χ2v) is 12.0. The van der Waals surface area contributed by atoms with Crippen LogP contribution in [-0.2, 0) is 16.1 Å². The van der Waals surface area contributed by atoms with Gasteiger partial charge < -0.3 is 14.4 Å². The van der Waals surface area contributed by atoms with Gasteiger partial charge in [0.1, 0.15) is 0 Å². The molecule has 1 N–H and O–H groups in total. The van der Waals surface area contributed by atoms with E-state index in [0.717, 1.165) is 52.1 Å². The van der Waals surface area contributed by atoms with Crippen LogP contribution in [0.4, 0.5) is 0 Å². The minimum atomic E-state index is -1.05. The number of thiophene rings is 1. The monoisotopic (exact) mass is 471 g/mol. The molecule has 0 amide bonds. The van der Waals surface area contributed by atoms with Crippen LogP contribution in [0.2, 0.25) is 0 Å². The Hall–Kier alpha value is -2.18. The zero-order chi connectivity index (χ0) is 24.6. The normalized spacial score (nSPS) is 17.0. The highest BCUT2D eigenvalue weighted by atomic mass is 32.1. The molecule has 1 aliphatic rings. The molecule has 0 bridgehead atoms. The minimum Gasteiger partial charge on any atom is -0.479 e. The Morgan fingerprint density at radius 3 is 2.55 bits per heavy atom. The fourth-order valence-electron chi connectivity index (χ4n) is 4.37. The topological polar surface area (TPSA) is 68.5 Å². The van der Waals surface area contributed by atoms with Gasteiger partial charge in [-0.3, -0.25) is 4.79 Å². The molecule has 0 saturated heterocycles. The summed E-state index contributed by atoms with van der Waals surface area (Å²) >= 11 is 1.59. The number of rotatable bonds is 7. The van der Waals surface area contributed by atoms with E-state index in [4.69, 9.17) is 4.74 Å². The first-order chi connectivity index (χ1) is 15.3. The number of nitrogens with zero attached hydrogens (tertiary/aromatic N) is 1. The maximum Gasteiger partial charge on any atom is 0.337 e. The van der Waals surface area contributed by atoms with Crippen LogP contribution in [0, 0.1) is 12.3 Å². The number of carboxylic acids is 1. The molecule has 6 heteroatoms. The van der Waals surface area contributed by atoms with E-state index < -0.39 is 17.7 Å². The highest BCUT2D eigenvalue weighted by Gasteiger charge is 2.35. The number of ether oxygens (including phenoxy) is 1. The van der Waals surface area contributed by atoms with Crippen molar-refractivity contribution in [2.45, 2.75) is 92.4 Å². The van der Waals surface area contributed by atoms with Gasteiger partial charge in [-0.25, -0.2) is 4.79 Å². The van der Waals surface area contributed by atoms with Crippen LogP contribution in [0.25, 0.3) is 16.0 Å². The number of hydrogen-bond donors (Lipinski definition) is 1. The molecule has 0 saturated carbocycles. The van der Waals surface area contributed by atoms with Crippen molar-refractivity contribution in [1.29, 1.82) is 0 Å². The first-order valence-corrected chi connectivity index (χ1v) is 12.6. The number of aryl methyl sites for hydroxylation is 2. The second-order valence-electron chi connectivity index (χ2n) is 10.8. The third-order valence-electron chi connectivity index (χ3n) is 6.09. The first-order valence-electron chi connectivity index (χ1n) is 11.8. The SMILES string of the molecule is CCCn1cc(-c2sc(C)c(C(OC(C)(C)C)C(=O)O)c2C2=CCC(C)(C)CC2)ccc1=O. The zero-order valence-electron chi connectivity index (χ0n) is 20.9. The van der Waals surface area contributed by atoms with E-state index in [1.807, 2.05) is 46.9 Å². The van der Waals surface area contributed by atoms with Crippen molar-refractivity contribution in [3.8, 4) is 10.4 Å². The van der Waals surface area contributed by atoms with Gasteiger partial charge in [0.25, 0.3) is 5.56 Å². The van der Waals surface area contributed by atoms with Gasteiger partial charge in [-0.2, -0.15) is 0 Å². The maximum atomic E-state index is 12.4. The van der Waals surface area contributed by atoms with Gasteiger partial charge >= 0.3 is 5.97 Å². The van der Waals surface area contributed by atoms with Crippen LogP contribution in [0.5, 0.6) is 0 Å². The van der Waals surface area contributed by atoms with Crippen molar-refractivity contribution in [2.75, 3.05) is 0 Å². The van der Waals surface area contributed by atoms with E-state index in [0.29, 0.717) is 6.54 Å². The van der Waals surface area contributed by atoms with Crippen molar-refractivity contribution >= 4 is 22.9 Å². The lowest BCUT2D eigenvalue weighted by molar-refractivity contribution is -0.160. The highest BCUT2D eigenvalue weighted by molar-refractivity contribution is 7.16. The number of carboxylic acid groups (broad SMARTS) is 1. The molecule has 180 valence electrons. The summed E-state index contributed by atoms with van der Waals surface area (Å²) in [7, 11) is 0. The summed E-state index contributed by atoms with van der Waals surface area (Å²) in [5.41, 5.74) is 3.46. The van der Waals surface area contributed by atoms with Crippen LogP contribution in [0.1, 0.15) is 89.3 Å². The Kier molecular flexibility index (Phi) is 7.39. The molecule has 2 heterocycles. The van der Waals surface area contributed by atoms with Crippen molar-refractivity contribution in [2.24, 2.45) is 5.41 Å². The standard InChI is InChI=1S/C27H37NO4S/c1-8-15-28-16-19(9-10-20(28)29)24-22(18-11-13-27(6,7)14-12-18)21(17(2)33-24)23(25(30)31)32-26(3,4)5/h9-11,16,23H,8,12-15H2,1-7H3,(H,30,31). The Morgan fingerprint density at radius 2 is 2.00 bits per heavy atom. The van der Waals surface area contributed by atoms with Crippen LogP contribution in [0.15, 0.2) is 29.2 Å². The summed E-state index contributed by atoms with van der Waals surface area (Å²) in [5.74, 6) is -0.980. The third-order valence-corrected chi connectivity index (χ3v) is 7.26. The van der Waals surface area contributed by atoms with Gasteiger partial charge in [-0.15, -0.1) is 11.3 Å². The summed E-state index contributed by atoms with van der Waals surface area (Å²) in [4.78, 5) is 26.7. The van der Waals surface area contributed by atoms with E-state index in [9.17, 15) is 14.7 Å². The predicted molar refractivity (Wildman–Crippen MR) is 136 cm³/mol. The summed E-state index contributed by atoms with van der Waals surface area (Å²) in [5, 5.41) is 10.2. The average Bonchev–Trinajstić information content (AvgIpc) is 3.04. The molecular weight excluding hydrogens is 434 g/mol. The molecule has 0 radical (unpaired) electrons. The van der Waals surface area contributed by atoms with E-state index in [2.05, 4.69) is 19.9 Å². The van der Waals surface area contributed by atoms with E-state index in [1.165, 1.54) is 5.57 Å². The molecule has 1 aliphatic carbocycles. The van der Waals surface area contributed by atoms with Crippen LogP contribution < -0.4 is 5.56 Å². The van der Waals surface area contributed by atoms with Crippen molar-refractivity contribution in [3.63, 3.8) is 0 Å². The largest absolute Gasteiger partial charge is 0.479 e. The lowest BCUT2D eigenvalue weighted by Crippen LogP contribution is -2.28. The van der Waals surface area contributed by atoms with Crippen molar-refractivity contribution in [3.05, 3.63) is 50.8 Å². The molecule has 3 rings (SSSR count). The van der Waals surface area contributed by atoms with Crippen LogP contribution >= 0.6 is 11.3 Å². The minimum absolute atomic E-state index is 0.0197. The summed E-state index contributed by atoms with van der Waals surface area (Å²) < 4.78 is 7.84. The number of hydrogen-bond acceptors (Lipinski definition) is 4. The first kappa shape index (κ1) is 25.4.